The van der Waals surface area contributed by atoms with Gasteiger partial charge in [-0.05, 0) is 25.1 Å². The van der Waals surface area contributed by atoms with Gasteiger partial charge in [0.1, 0.15) is 0 Å². The monoisotopic (exact) mass is 291 g/mol. The molecule has 0 aromatic heterocycles. The topological polar surface area (TPSA) is 90.4 Å². The van der Waals surface area contributed by atoms with Crippen molar-refractivity contribution in [3.63, 3.8) is 0 Å². The number of nitrogens with zero attached hydrogens (tertiary/aromatic N) is 1. The smallest absolute Gasteiger partial charge is 0.271 e. The SMILES string of the molecule is CCOc1ccc(Nc2ccc([N+](=O)[O-])cc2N)cc1F. The van der Waals surface area contributed by atoms with Gasteiger partial charge in [0.2, 0.25) is 0 Å². The van der Waals surface area contributed by atoms with Gasteiger partial charge in [0.05, 0.1) is 22.9 Å². The second-order valence-electron chi connectivity index (χ2n) is 4.23. The largest absolute Gasteiger partial charge is 0.491 e. The van der Waals surface area contributed by atoms with Gasteiger partial charge in [-0.2, -0.15) is 0 Å². The summed E-state index contributed by atoms with van der Waals surface area (Å²) in [6.45, 7) is 2.14. The van der Waals surface area contributed by atoms with E-state index in [1.165, 1.54) is 30.3 Å². The third-order valence-corrected chi connectivity index (χ3v) is 2.76. The molecule has 0 aliphatic heterocycles. The average molecular weight is 291 g/mol. The molecule has 6 nitrogen and oxygen atoms in total. The molecule has 0 atom stereocenters. The van der Waals surface area contributed by atoms with Crippen LogP contribution in [-0.4, -0.2) is 11.5 Å². The second kappa shape index (κ2) is 6.08. The third kappa shape index (κ3) is 3.38. The van der Waals surface area contributed by atoms with Gasteiger partial charge < -0.3 is 15.8 Å². The number of ether oxygens (including phenoxy) is 1. The molecular formula is C14H14FN3O3. The van der Waals surface area contributed by atoms with E-state index >= 15 is 0 Å². The quantitative estimate of drug-likeness (QED) is 0.500. The lowest BCUT2D eigenvalue weighted by atomic mass is 10.2. The van der Waals surface area contributed by atoms with Crippen molar-refractivity contribution in [2.24, 2.45) is 0 Å². The predicted octanol–water partition coefficient (Wildman–Crippen LogP) is 3.46. The van der Waals surface area contributed by atoms with Crippen molar-refractivity contribution in [3.05, 3.63) is 52.3 Å². The molecule has 0 bridgehead atoms. The number of non-ortho nitro benzene ring substituents is 1. The van der Waals surface area contributed by atoms with Crippen molar-refractivity contribution < 1.29 is 14.1 Å². The zero-order valence-electron chi connectivity index (χ0n) is 11.3. The Morgan fingerprint density at radius 2 is 2.10 bits per heavy atom. The number of hydrogen-bond acceptors (Lipinski definition) is 5. The van der Waals surface area contributed by atoms with E-state index in [1.54, 1.807) is 13.0 Å². The number of benzene rings is 2. The van der Waals surface area contributed by atoms with E-state index in [2.05, 4.69) is 5.32 Å². The predicted molar refractivity (Wildman–Crippen MR) is 78.4 cm³/mol. The van der Waals surface area contributed by atoms with Gasteiger partial charge in [-0.15, -0.1) is 0 Å². The minimum Gasteiger partial charge on any atom is -0.491 e. The number of halogens is 1. The molecule has 3 N–H and O–H groups in total. The second-order valence-corrected chi connectivity index (χ2v) is 4.23. The van der Waals surface area contributed by atoms with Crippen molar-refractivity contribution >= 4 is 22.7 Å². The van der Waals surface area contributed by atoms with Gasteiger partial charge >= 0.3 is 0 Å². The number of hydrogen-bond donors (Lipinski definition) is 2. The van der Waals surface area contributed by atoms with E-state index in [9.17, 15) is 14.5 Å². The van der Waals surface area contributed by atoms with Crippen LogP contribution in [0, 0.1) is 15.9 Å². The van der Waals surface area contributed by atoms with Crippen molar-refractivity contribution in [1.29, 1.82) is 0 Å². The number of rotatable bonds is 5. The van der Waals surface area contributed by atoms with Crippen LogP contribution in [-0.2, 0) is 0 Å². The minimum atomic E-state index is -0.531. The molecular weight excluding hydrogens is 277 g/mol. The molecule has 0 saturated carbocycles. The first kappa shape index (κ1) is 14.6. The molecule has 0 fully saturated rings. The van der Waals surface area contributed by atoms with Crippen molar-refractivity contribution in [3.8, 4) is 5.75 Å². The van der Waals surface area contributed by atoms with Crippen molar-refractivity contribution in [1.82, 2.24) is 0 Å². The highest BCUT2D eigenvalue weighted by Crippen LogP contribution is 2.29. The van der Waals surface area contributed by atoms with Crippen LogP contribution in [0.4, 0.5) is 27.1 Å². The Bertz CT molecular complexity index is 677. The van der Waals surface area contributed by atoms with Crippen LogP contribution < -0.4 is 15.8 Å². The van der Waals surface area contributed by atoms with Crippen LogP contribution in [0.1, 0.15) is 6.92 Å². The first-order valence-electron chi connectivity index (χ1n) is 6.24. The number of nitrogens with one attached hydrogen (secondary N) is 1. The molecule has 2 aromatic carbocycles. The van der Waals surface area contributed by atoms with Crippen LogP contribution in [0.3, 0.4) is 0 Å². The normalized spacial score (nSPS) is 10.2. The zero-order valence-corrected chi connectivity index (χ0v) is 11.3. The van der Waals surface area contributed by atoms with E-state index in [0.29, 0.717) is 18.0 Å². The Balaban J connectivity index is 2.22. The molecule has 0 saturated heterocycles. The zero-order chi connectivity index (χ0) is 15.4. The van der Waals surface area contributed by atoms with E-state index in [0.717, 1.165) is 0 Å². The van der Waals surface area contributed by atoms with Crippen LogP contribution in [0.5, 0.6) is 5.75 Å². The maximum absolute atomic E-state index is 13.7. The molecule has 2 rings (SSSR count). The molecule has 0 aliphatic carbocycles. The fourth-order valence-corrected chi connectivity index (χ4v) is 1.78. The summed E-state index contributed by atoms with van der Waals surface area (Å²) in [4.78, 5) is 10.1. The Kier molecular flexibility index (Phi) is 4.22. The molecule has 0 amide bonds. The molecule has 21 heavy (non-hydrogen) atoms. The highest BCUT2D eigenvalue weighted by molar-refractivity contribution is 5.74. The fourth-order valence-electron chi connectivity index (χ4n) is 1.78. The molecule has 2 aromatic rings. The fraction of sp³-hybridized carbons (Fsp3) is 0.143. The summed E-state index contributed by atoms with van der Waals surface area (Å²) in [5.41, 5.74) is 6.77. The Labute approximate surface area is 120 Å². The Morgan fingerprint density at radius 1 is 1.33 bits per heavy atom. The summed E-state index contributed by atoms with van der Waals surface area (Å²) in [5, 5.41) is 13.5. The van der Waals surface area contributed by atoms with Crippen molar-refractivity contribution in [2.45, 2.75) is 6.92 Å². The first-order chi connectivity index (χ1) is 10.0. The van der Waals surface area contributed by atoms with Gasteiger partial charge in [-0.1, -0.05) is 0 Å². The van der Waals surface area contributed by atoms with Crippen LogP contribution in [0.25, 0.3) is 0 Å². The van der Waals surface area contributed by atoms with Gasteiger partial charge in [0, 0.05) is 23.9 Å². The van der Waals surface area contributed by atoms with E-state index < -0.39 is 10.7 Å². The summed E-state index contributed by atoms with van der Waals surface area (Å²) < 4.78 is 18.8. The Morgan fingerprint density at radius 3 is 2.67 bits per heavy atom. The molecule has 7 heteroatoms. The van der Waals surface area contributed by atoms with E-state index in [1.807, 2.05) is 0 Å². The van der Waals surface area contributed by atoms with Crippen LogP contribution >= 0.6 is 0 Å². The average Bonchev–Trinajstić information content (AvgIpc) is 2.44. The minimum absolute atomic E-state index is 0.101. The van der Waals surface area contributed by atoms with Gasteiger partial charge in [0.25, 0.3) is 5.69 Å². The number of nitro groups is 1. The maximum Gasteiger partial charge on any atom is 0.271 e. The summed E-state index contributed by atoms with van der Waals surface area (Å²) in [7, 11) is 0. The van der Waals surface area contributed by atoms with Crippen molar-refractivity contribution in [2.75, 3.05) is 17.7 Å². The number of anilines is 3. The summed E-state index contributed by atoms with van der Waals surface area (Å²) in [6.07, 6.45) is 0. The summed E-state index contributed by atoms with van der Waals surface area (Å²) >= 11 is 0. The standard InChI is InChI=1S/C14H14FN3O3/c1-2-21-14-6-3-9(7-11(14)15)17-13-5-4-10(18(19)20)8-12(13)16/h3-8,17H,2,16H2,1H3. The number of nitro benzene ring substituents is 1. The van der Waals surface area contributed by atoms with Gasteiger partial charge in [-0.25, -0.2) is 4.39 Å². The van der Waals surface area contributed by atoms with Crippen LogP contribution in [0.2, 0.25) is 0 Å². The summed E-state index contributed by atoms with van der Waals surface area (Å²) in [6, 6.07) is 8.45. The van der Waals surface area contributed by atoms with Gasteiger partial charge in [0.15, 0.2) is 11.6 Å². The Hall–Kier alpha value is -2.83. The molecule has 110 valence electrons. The molecule has 0 aliphatic rings. The number of nitrogens with two attached hydrogens (primary N) is 1. The third-order valence-electron chi connectivity index (χ3n) is 2.76. The number of nitrogen functional groups attached to an aromatic ring is 1. The van der Waals surface area contributed by atoms with E-state index in [-0.39, 0.29) is 17.1 Å². The summed E-state index contributed by atoms with van der Waals surface area (Å²) in [5.74, 6) is -0.331. The lowest BCUT2D eigenvalue weighted by Crippen LogP contribution is -1.99. The highest BCUT2D eigenvalue weighted by atomic mass is 19.1. The highest BCUT2D eigenvalue weighted by Gasteiger charge is 2.10. The lowest BCUT2D eigenvalue weighted by Gasteiger charge is -2.11. The molecule has 0 radical (unpaired) electrons. The van der Waals surface area contributed by atoms with Crippen LogP contribution in [0.15, 0.2) is 36.4 Å². The van der Waals surface area contributed by atoms with E-state index in [4.69, 9.17) is 10.5 Å². The molecule has 0 unspecified atom stereocenters. The molecule has 0 heterocycles. The first-order valence-corrected chi connectivity index (χ1v) is 6.24. The molecule has 0 spiro atoms. The van der Waals surface area contributed by atoms with Gasteiger partial charge in [-0.3, -0.25) is 10.1 Å². The maximum atomic E-state index is 13.7. The lowest BCUT2D eigenvalue weighted by molar-refractivity contribution is -0.384.